The second-order valence-corrected chi connectivity index (χ2v) is 8.34. The van der Waals surface area contributed by atoms with Crippen LogP contribution in [0.3, 0.4) is 0 Å². The van der Waals surface area contributed by atoms with E-state index in [1.165, 1.54) is 18.1 Å². The number of carboxylic acids is 1. The molecule has 3 aromatic rings. The molecule has 0 radical (unpaired) electrons. The average Bonchev–Trinajstić information content (AvgIpc) is 2.86. The van der Waals surface area contributed by atoms with E-state index in [9.17, 15) is 27.9 Å². The summed E-state index contributed by atoms with van der Waals surface area (Å²) in [5, 5.41) is 9.18. The topological polar surface area (TPSA) is 76.1 Å². The largest absolute Gasteiger partial charge is 0.496 e. The van der Waals surface area contributed by atoms with Gasteiger partial charge in [-0.2, -0.15) is 13.2 Å². The fourth-order valence-corrected chi connectivity index (χ4v) is 3.92. The summed E-state index contributed by atoms with van der Waals surface area (Å²) < 4.78 is 51.5. The summed E-state index contributed by atoms with van der Waals surface area (Å²) in [5.74, 6) is -0.678. The van der Waals surface area contributed by atoms with Gasteiger partial charge in [-0.25, -0.2) is 4.79 Å². The molecule has 0 aromatic heterocycles. The van der Waals surface area contributed by atoms with Crippen LogP contribution in [0.2, 0.25) is 0 Å². The van der Waals surface area contributed by atoms with Crippen LogP contribution in [0.25, 0.3) is 11.1 Å². The van der Waals surface area contributed by atoms with Gasteiger partial charge in [-0.05, 0) is 53.4 Å². The van der Waals surface area contributed by atoms with Gasteiger partial charge in [0.1, 0.15) is 5.75 Å². The van der Waals surface area contributed by atoms with Crippen molar-refractivity contribution >= 4 is 12.1 Å². The van der Waals surface area contributed by atoms with Gasteiger partial charge in [0, 0.05) is 25.1 Å². The molecule has 196 valence electrons. The van der Waals surface area contributed by atoms with E-state index in [0.717, 1.165) is 17.7 Å². The minimum absolute atomic E-state index is 0.125. The number of ether oxygens (including phenoxy) is 2. The number of hydrogen-bond donors (Lipinski definition) is 1. The minimum atomic E-state index is -4.59. The smallest absolute Gasteiger partial charge is 0.416 e. The third-order valence-corrected chi connectivity index (χ3v) is 5.80. The van der Waals surface area contributed by atoms with Crippen LogP contribution in [0.4, 0.5) is 18.0 Å². The SMILES string of the molecule is CCN(Cc1cc(C(F)(F)F)ccc1-c1cc(CC(=O)O)ccc1OC)C(=O)OCCc1ccccc1. The molecule has 0 bridgehead atoms. The summed E-state index contributed by atoms with van der Waals surface area (Å²) >= 11 is 0. The molecule has 0 aliphatic rings. The second kappa shape index (κ2) is 12.3. The van der Waals surface area contributed by atoms with Crippen molar-refractivity contribution in [3.8, 4) is 16.9 Å². The van der Waals surface area contributed by atoms with E-state index < -0.39 is 23.8 Å². The first-order valence-electron chi connectivity index (χ1n) is 11.7. The van der Waals surface area contributed by atoms with Crippen molar-refractivity contribution in [1.82, 2.24) is 4.90 Å². The van der Waals surface area contributed by atoms with Gasteiger partial charge >= 0.3 is 18.2 Å². The summed E-state index contributed by atoms with van der Waals surface area (Å²) in [6.45, 7) is 1.89. The molecule has 37 heavy (non-hydrogen) atoms. The molecule has 6 nitrogen and oxygen atoms in total. The molecule has 1 N–H and O–H groups in total. The van der Waals surface area contributed by atoms with E-state index in [-0.39, 0.29) is 31.7 Å². The van der Waals surface area contributed by atoms with E-state index in [1.54, 1.807) is 25.1 Å². The molecular weight excluding hydrogens is 487 g/mol. The molecule has 0 atom stereocenters. The van der Waals surface area contributed by atoms with Crippen LogP contribution in [0.5, 0.6) is 5.75 Å². The summed E-state index contributed by atoms with van der Waals surface area (Å²) in [7, 11) is 1.42. The van der Waals surface area contributed by atoms with Crippen molar-refractivity contribution in [3.05, 3.63) is 89.0 Å². The number of aliphatic carboxylic acids is 1. The predicted octanol–water partition coefficient (Wildman–Crippen LogP) is 6.21. The first-order chi connectivity index (χ1) is 17.6. The average molecular weight is 516 g/mol. The number of nitrogens with zero attached hydrogens (tertiary/aromatic N) is 1. The third kappa shape index (κ3) is 7.49. The van der Waals surface area contributed by atoms with E-state index in [1.807, 2.05) is 30.3 Å². The van der Waals surface area contributed by atoms with Gasteiger partial charge in [-0.3, -0.25) is 4.79 Å². The Morgan fingerprint density at radius 3 is 2.30 bits per heavy atom. The highest BCUT2D eigenvalue weighted by Crippen LogP contribution is 2.38. The van der Waals surface area contributed by atoms with Crippen molar-refractivity contribution in [2.75, 3.05) is 20.3 Å². The normalized spacial score (nSPS) is 11.2. The number of carboxylic acid groups (broad SMARTS) is 1. The fourth-order valence-electron chi connectivity index (χ4n) is 3.92. The Morgan fingerprint density at radius 2 is 1.68 bits per heavy atom. The van der Waals surface area contributed by atoms with Crippen LogP contribution in [-0.4, -0.2) is 42.3 Å². The van der Waals surface area contributed by atoms with Crippen LogP contribution in [0.15, 0.2) is 66.7 Å². The van der Waals surface area contributed by atoms with Gasteiger partial charge in [0.25, 0.3) is 0 Å². The maximum absolute atomic E-state index is 13.6. The zero-order chi connectivity index (χ0) is 27.0. The highest BCUT2D eigenvalue weighted by Gasteiger charge is 2.32. The molecule has 1 amide bonds. The van der Waals surface area contributed by atoms with Crippen LogP contribution in [0.1, 0.15) is 29.2 Å². The molecule has 0 spiro atoms. The van der Waals surface area contributed by atoms with Crippen LogP contribution < -0.4 is 4.74 Å². The summed E-state index contributed by atoms with van der Waals surface area (Å²) in [6, 6.07) is 17.5. The molecule has 0 fully saturated rings. The molecule has 0 aliphatic carbocycles. The van der Waals surface area contributed by atoms with Gasteiger partial charge in [0.05, 0.1) is 25.7 Å². The van der Waals surface area contributed by atoms with E-state index in [0.29, 0.717) is 28.9 Å². The Balaban J connectivity index is 1.93. The van der Waals surface area contributed by atoms with Gasteiger partial charge < -0.3 is 19.5 Å². The number of alkyl halides is 3. The Morgan fingerprint density at radius 1 is 0.946 bits per heavy atom. The van der Waals surface area contributed by atoms with E-state index in [2.05, 4.69) is 0 Å². The maximum Gasteiger partial charge on any atom is 0.416 e. The fraction of sp³-hybridized carbons (Fsp3) is 0.286. The lowest BCUT2D eigenvalue weighted by molar-refractivity contribution is -0.138. The van der Waals surface area contributed by atoms with Gasteiger partial charge in [-0.15, -0.1) is 0 Å². The van der Waals surface area contributed by atoms with Crippen LogP contribution in [0, 0.1) is 0 Å². The third-order valence-electron chi connectivity index (χ3n) is 5.80. The summed E-state index contributed by atoms with van der Waals surface area (Å²) in [6.07, 6.45) is -4.99. The molecular formula is C28H28F3NO5. The van der Waals surface area contributed by atoms with Crippen molar-refractivity contribution in [3.63, 3.8) is 0 Å². The number of methoxy groups -OCH3 is 1. The Hall–Kier alpha value is -4.01. The quantitative estimate of drug-likeness (QED) is 0.348. The summed E-state index contributed by atoms with van der Waals surface area (Å²) in [5.41, 5.74) is 1.64. The number of amides is 1. The minimum Gasteiger partial charge on any atom is -0.496 e. The number of carbonyl (C=O) groups excluding carboxylic acids is 1. The Bertz CT molecular complexity index is 1230. The molecule has 0 saturated heterocycles. The molecule has 9 heteroatoms. The van der Waals surface area contributed by atoms with E-state index in [4.69, 9.17) is 9.47 Å². The second-order valence-electron chi connectivity index (χ2n) is 8.34. The van der Waals surface area contributed by atoms with Crippen molar-refractivity contribution in [2.45, 2.75) is 32.5 Å². The van der Waals surface area contributed by atoms with Crippen LogP contribution >= 0.6 is 0 Å². The molecule has 0 saturated carbocycles. The number of carbonyl (C=O) groups is 2. The highest BCUT2D eigenvalue weighted by atomic mass is 19.4. The van der Waals surface area contributed by atoms with Crippen molar-refractivity contribution < 1.29 is 37.3 Å². The van der Waals surface area contributed by atoms with E-state index >= 15 is 0 Å². The number of halogens is 3. The van der Waals surface area contributed by atoms with Crippen molar-refractivity contribution in [1.29, 1.82) is 0 Å². The maximum atomic E-state index is 13.6. The molecule has 0 heterocycles. The Kier molecular flexibility index (Phi) is 9.16. The standard InChI is InChI=1S/C28H28F3NO5/c1-3-32(27(35)37-14-13-19-7-5-4-6-8-19)18-21-17-22(28(29,30)31)10-11-23(21)24-15-20(16-26(33)34)9-12-25(24)36-2/h4-12,15,17H,3,13-14,16,18H2,1-2H3,(H,33,34). The number of rotatable bonds is 10. The number of hydrogen-bond acceptors (Lipinski definition) is 4. The van der Waals surface area contributed by atoms with Crippen LogP contribution in [-0.2, 0) is 35.1 Å². The van der Waals surface area contributed by atoms with Gasteiger partial charge in [0.2, 0.25) is 0 Å². The zero-order valence-electron chi connectivity index (χ0n) is 20.5. The predicted molar refractivity (Wildman–Crippen MR) is 132 cm³/mol. The lowest BCUT2D eigenvalue weighted by Crippen LogP contribution is -2.31. The molecule has 3 aromatic carbocycles. The van der Waals surface area contributed by atoms with Gasteiger partial charge in [0.15, 0.2) is 0 Å². The van der Waals surface area contributed by atoms with Gasteiger partial charge in [-0.1, -0.05) is 42.5 Å². The first kappa shape index (κ1) is 27.6. The molecule has 0 aliphatic heterocycles. The summed E-state index contributed by atoms with van der Waals surface area (Å²) in [4.78, 5) is 25.3. The zero-order valence-corrected chi connectivity index (χ0v) is 20.5. The lowest BCUT2D eigenvalue weighted by atomic mass is 9.94. The highest BCUT2D eigenvalue weighted by molar-refractivity contribution is 5.77. The first-order valence-corrected chi connectivity index (χ1v) is 11.7. The van der Waals surface area contributed by atoms with Crippen molar-refractivity contribution in [2.24, 2.45) is 0 Å². The number of benzene rings is 3. The molecule has 0 unspecified atom stereocenters. The monoisotopic (exact) mass is 515 g/mol. The molecule has 3 rings (SSSR count). The Labute approximate surface area is 213 Å². The lowest BCUT2D eigenvalue weighted by Gasteiger charge is -2.23.